The zero-order valence-electron chi connectivity index (χ0n) is 12.7. The summed E-state index contributed by atoms with van der Waals surface area (Å²) in [5.41, 5.74) is 1.09. The van der Waals surface area contributed by atoms with Crippen LogP contribution < -0.4 is 5.32 Å². The first-order chi connectivity index (χ1) is 12.4. The number of pyridine rings is 1. The predicted molar refractivity (Wildman–Crippen MR) is 108 cm³/mol. The Morgan fingerprint density at radius 3 is 2.54 bits per heavy atom. The Balaban J connectivity index is 1.64. The predicted octanol–water partition coefficient (Wildman–Crippen LogP) is 6.09. The molecule has 2 heterocycles. The molecule has 3 rings (SSSR count). The maximum atomic E-state index is 12.2. The second-order valence-electron chi connectivity index (χ2n) is 4.81. The van der Waals surface area contributed by atoms with Crippen LogP contribution >= 0.6 is 69.5 Å². The molecule has 11 heteroatoms. The molecule has 1 amide bonds. The largest absolute Gasteiger partial charge is 0.296 e. The number of thioether (sulfide) groups is 1. The summed E-state index contributed by atoms with van der Waals surface area (Å²) in [4.78, 5) is 16.0. The van der Waals surface area contributed by atoms with Crippen LogP contribution in [0, 0.1) is 0 Å². The Hall–Kier alpha value is -1.09. The third-order valence-corrected chi connectivity index (χ3v) is 6.48. The molecule has 0 radical (unpaired) electrons. The van der Waals surface area contributed by atoms with Crippen LogP contribution in [0.1, 0.15) is 15.9 Å². The lowest BCUT2D eigenvalue weighted by Crippen LogP contribution is -2.12. The molecule has 0 atom stereocenters. The number of nitrogens with one attached hydrogen (secondary N) is 1. The first kappa shape index (κ1) is 19.7. The molecule has 0 aliphatic heterocycles. The van der Waals surface area contributed by atoms with Crippen molar-refractivity contribution in [1.29, 1.82) is 0 Å². The van der Waals surface area contributed by atoms with Crippen molar-refractivity contribution in [3.05, 3.63) is 61.8 Å². The summed E-state index contributed by atoms with van der Waals surface area (Å²) in [5, 5.41) is 12.5. The van der Waals surface area contributed by atoms with E-state index in [1.54, 1.807) is 18.2 Å². The molecule has 0 bridgehead atoms. The number of carbonyl (C=O) groups is 1. The summed E-state index contributed by atoms with van der Waals surface area (Å²) in [7, 11) is 0. The van der Waals surface area contributed by atoms with Gasteiger partial charge in [0.05, 0.1) is 10.6 Å². The van der Waals surface area contributed by atoms with Crippen molar-refractivity contribution < 1.29 is 4.79 Å². The van der Waals surface area contributed by atoms with E-state index in [0.29, 0.717) is 25.3 Å². The van der Waals surface area contributed by atoms with Crippen LogP contribution in [0.4, 0.5) is 5.13 Å². The molecule has 0 saturated carbocycles. The van der Waals surface area contributed by atoms with E-state index >= 15 is 0 Å². The fourth-order valence-corrected chi connectivity index (χ4v) is 4.60. The maximum Gasteiger partial charge on any atom is 0.259 e. The Bertz CT molecular complexity index is 946. The van der Waals surface area contributed by atoms with Gasteiger partial charge in [-0.2, -0.15) is 0 Å². The highest BCUT2D eigenvalue weighted by atomic mass is 35.5. The monoisotopic (exact) mass is 464 g/mol. The summed E-state index contributed by atoms with van der Waals surface area (Å²) in [6.07, 6.45) is 1.33. The van der Waals surface area contributed by atoms with Gasteiger partial charge in [0.15, 0.2) is 4.34 Å². The Kier molecular flexibility index (Phi) is 6.60. The Morgan fingerprint density at radius 1 is 1.12 bits per heavy atom. The number of nitrogens with zero attached hydrogens (tertiary/aromatic N) is 3. The van der Waals surface area contributed by atoms with Gasteiger partial charge in [0, 0.05) is 22.0 Å². The molecule has 26 heavy (non-hydrogen) atoms. The number of halogens is 4. The molecular weight excluding hydrogens is 458 g/mol. The van der Waals surface area contributed by atoms with Crippen LogP contribution in [-0.2, 0) is 5.75 Å². The summed E-state index contributed by atoms with van der Waals surface area (Å²) in [6, 6.07) is 6.78. The second kappa shape index (κ2) is 8.73. The smallest absolute Gasteiger partial charge is 0.259 e. The highest BCUT2D eigenvalue weighted by Crippen LogP contribution is 2.33. The zero-order valence-corrected chi connectivity index (χ0v) is 17.3. The van der Waals surface area contributed by atoms with Crippen LogP contribution in [0.5, 0.6) is 0 Å². The van der Waals surface area contributed by atoms with E-state index in [4.69, 9.17) is 46.4 Å². The van der Waals surface area contributed by atoms with Gasteiger partial charge < -0.3 is 0 Å². The third-order valence-electron chi connectivity index (χ3n) is 3.09. The molecule has 3 aromatic rings. The third kappa shape index (κ3) is 4.79. The normalized spacial score (nSPS) is 10.8. The van der Waals surface area contributed by atoms with Crippen LogP contribution in [0.2, 0.25) is 20.2 Å². The van der Waals surface area contributed by atoms with Gasteiger partial charge in [-0.15, -0.1) is 10.2 Å². The first-order valence-corrected chi connectivity index (χ1v) is 10.3. The van der Waals surface area contributed by atoms with E-state index in [1.807, 2.05) is 0 Å². The van der Waals surface area contributed by atoms with Gasteiger partial charge >= 0.3 is 0 Å². The van der Waals surface area contributed by atoms with Crippen LogP contribution in [0.3, 0.4) is 0 Å². The molecule has 0 fully saturated rings. The molecule has 5 nitrogen and oxygen atoms in total. The minimum absolute atomic E-state index is 0.135. The minimum Gasteiger partial charge on any atom is -0.296 e. The van der Waals surface area contributed by atoms with Gasteiger partial charge in [0.2, 0.25) is 5.13 Å². The lowest BCUT2D eigenvalue weighted by atomic mass is 10.2. The van der Waals surface area contributed by atoms with E-state index in [0.717, 1.165) is 5.56 Å². The number of rotatable bonds is 5. The summed E-state index contributed by atoms with van der Waals surface area (Å²) in [5.74, 6) is 0.135. The Morgan fingerprint density at radius 2 is 1.85 bits per heavy atom. The van der Waals surface area contributed by atoms with Gasteiger partial charge in [-0.05, 0) is 23.8 Å². The summed E-state index contributed by atoms with van der Waals surface area (Å²) < 4.78 is 0.670. The second-order valence-corrected chi connectivity index (χ2v) is 8.59. The molecule has 0 aliphatic carbocycles. The fraction of sp³-hybridized carbons (Fsp3) is 0.0667. The van der Waals surface area contributed by atoms with E-state index in [2.05, 4.69) is 20.5 Å². The molecule has 1 aromatic carbocycles. The zero-order chi connectivity index (χ0) is 18.7. The lowest BCUT2D eigenvalue weighted by Gasteiger charge is -2.04. The average Bonchev–Trinajstić information content (AvgIpc) is 3.04. The summed E-state index contributed by atoms with van der Waals surface area (Å²) in [6.45, 7) is 0. The van der Waals surface area contributed by atoms with Gasteiger partial charge in [-0.25, -0.2) is 4.98 Å². The number of benzene rings is 1. The van der Waals surface area contributed by atoms with Crippen molar-refractivity contribution in [2.24, 2.45) is 0 Å². The molecule has 0 unspecified atom stereocenters. The van der Waals surface area contributed by atoms with Gasteiger partial charge in [-0.3, -0.25) is 10.1 Å². The topological polar surface area (TPSA) is 67.8 Å². The lowest BCUT2D eigenvalue weighted by molar-refractivity contribution is 0.102. The molecule has 134 valence electrons. The molecular formula is C15H8Cl4N4OS2. The van der Waals surface area contributed by atoms with Crippen molar-refractivity contribution in [3.63, 3.8) is 0 Å². The fourth-order valence-electron chi connectivity index (χ4n) is 1.84. The van der Waals surface area contributed by atoms with Gasteiger partial charge in [-0.1, -0.05) is 75.6 Å². The highest BCUT2D eigenvalue weighted by molar-refractivity contribution is 8.00. The number of hydrogen-bond acceptors (Lipinski definition) is 6. The number of hydrogen-bond donors (Lipinski definition) is 1. The van der Waals surface area contributed by atoms with Crippen molar-refractivity contribution in [2.75, 3.05) is 5.32 Å². The highest BCUT2D eigenvalue weighted by Gasteiger charge is 2.14. The quantitative estimate of drug-likeness (QED) is 0.280. The number of carbonyl (C=O) groups excluding carboxylic acids is 1. The minimum atomic E-state index is -0.405. The van der Waals surface area contributed by atoms with Crippen LogP contribution in [-0.4, -0.2) is 21.1 Å². The maximum absolute atomic E-state index is 12.2. The van der Waals surface area contributed by atoms with Gasteiger partial charge in [0.25, 0.3) is 5.91 Å². The summed E-state index contributed by atoms with van der Waals surface area (Å²) >= 11 is 26.6. The van der Waals surface area contributed by atoms with E-state index in [9.17, 15) is 4.79 Å². The van der Waals surface area contributed by atoms with Crippen molar-refractivity contribution in [3.8, 4) is 0 Å². The average molecular weight is 466 g/mol. The van der Waals surface area contributed by atoms with Crippen LogP contribution in [0.25, 0.3) is 0 Å². The van der Waals surface area contributed by atoms with E-state index in [1.165, 1.54) is 35.4 Å². The van der Waals surface area contributed by atoms with Crippen molar-refractivity contribution in [1.82, 2.24) is 15.2 Å². The van der Waals surface area contributed by atoms with Gasteiger partial charge in [0.1, 0.15) is 5.15 Å². The van der Waals surface area contributed by atoms with E-state index in [-0.39, 0.29) is 15.7 Å². The molecule has 0 spiro atoms. The van der Waals surface area contributed by atoms with Crippen molar-refractivity contribution in [2.45, 2.75) is 10.1 Å². The van der Waals surface area contributed by atoms with Crippen LogP contribution in [0.15, 0.2) is 34.8 Å². The first-order valence-electron chi connectivity index (χ1n) is 6.95. The number of anilines is 1. The Labute approximate surface area is 177 Å². The van der Waals surface area contributed by atoms with Crippen molar-refractivity contribution >= 4 is 80.5 Å². The number of amides is 1. The van der Waals surface area contributed by atoms with E-state index < -0.39 is 5.91 Å². The molecule has 2 aromatic heterocycles. The standard InChI is InChI=1S/C15H8Cl4N4OS2/c16-9-2-1-3-10(17)8(9)6-25-15-23-22-14(26-15)21-13(24)7-4-11(18)12(19)20-5-7/h1-5H,6H2,(H,21,22,24). The SMILES string of the molecule is O=C(Nc1nnc(SCc2c(Cl)cccc2Cl)s1)c1cnc(Cl)c(Cl)c1. The molecule has 0 aliphatic rings. The molecule has 1 N–H and O–H groups in total. The molecule has 0 saturated heterocycles. The number of aromatic nitrogens is 3.